The molecule has 0 aliphatic carbocycles. The molecule has 5 heterocycles. The molecule has 0 spiro atoms. The van der Waals surface area contributed by atoms with Crippen LogP contribution in [0.4, 0.5) is 17.3 Å². The molecule has 4 N–H and O–H groups in total. The summed E-state index contributed by atoms with van der Waals surface area (Å²) in [6.07, 6.45) is 6.23. The van der Waals surface area contributed by atoms with E-state index in [1.54, 1.807) is 23.4 Å². The monoisotopic (exact) mass is 349 g/mol. The lowest BCUT2D eigenvalue weighted by Gasteiger charge is -2.20. The fourth-order valence-corrected chi connectivity index (χ4v) is 3.01. The summed E-state index contributed by atoms with van der Waals surface area (Å²) in [6.45, 7) is 0.359. The highest BCUT2D eigenvalue weighted by molar-refractivity contribution is 5.81. The maximum Gasteiger partial charge on any atom is 0.254 e. The van der Waals surface area contributed by atoms with Gasteiger partial charge in [0.25, 0.3) is 5.95 Å². The Morgan fingerprint density at radius 3 is 2.88 bits per heavy atom. The fraction of sp³-hybridized carbons (Fsp3) is 0.125. The van der Waals surface area contributed by atoms with Crippen LogP contribution >= 0.6 is 0 Å². The third kappa shape index (κ3) is 2.24. The molecule has 0 saturated heterocycles. The number of hydrogen-bond acceptors (Lipinski definition) is 8. The molecular formula is C16H15N9O. The molecule has 0 amide bonds. The molecule has 26 heavy (non-hydrogen) atoms. The van der Waals surface area contributed by atoms with Gasteiger partial charge < -0.3 is 25.5 Å². The number of anilines is 3. The number of pyridine rings is 1. The van der Waals surface area contributed by atoms with Crippen LogP contribution in [0.1, 0.15) is 5.69 Å². The number of nitrogens with one attached hydrogen (secondary N) is 1. The minimum atomic E-state index is -0.973. The summed E-state index contributed by atoms with van der Waals surface area (Å²) in [5.74, 6) is 1.09. The van der Waals surface area contributed by atoms with E-state index in [0.29, 0.717) is 24.0 Å². The predicted molar refractivity (Wildman–Crippen MR) is 94.6 cm³/mol. The van der Waals surface area contributed by atoms with E-state index in [4.69, 9.17) is 5.73 Å². The Labute approximate surface area is 147 Å². The van der Waals surface area contributed by atoms with Crippen molar-refractivity contribution in [2.45, 2.75) is 12.9 Å². The van der Waals surface area contributed by atoms with Gasteiger partial charge in [0.15, 0.2) is 11.6 Å². The molecule has 10 nitrogen and oxygen atoms in total. The molecule has 4 aromatic rings. The van der Waals surface area contributed by atoms with E-state index in [-0.39, 0.29) is 5.82 Å². The van der Waals surface area contributed by atoms with Crippen molar-refractivity contribution in [3.63, 3.8) is 0 Å². The van der Waals surface area contributed by atoms with Crippen LogP contribution in [-0.4, -0.2) is 40.6 Å². The van der Waals surface area contributed by atoms with Gasteiger partial charge in [-0.05, 0) is 18.2 Å². The van der Waals surface area contributed by atoms with Gasteiger partial charge in [0, 0.05) is 24.8 Å². The third-order valence-electron chi connectivity index (χ3n) is 4.20. The zero-order valence-electron chi connectivity index (χ0n) is 13.6. The second kappa shape index (κ2) is 5.43. The van der Waals surface area contributed by atoms with Crippen LogP contribution < -0.4 is 16.0 Å². The van der Waals surface area contributed by atoms with Gasteiger partial charge in [-0.15, -0.1) is 0 Å². The number of aromatic nitrogens is 6. The van der Waals surface area contributed by atoms with Gasteiger partial charge in [0.2, 0.25) is 6.35 Å². The van der Waals surface area contributed by atoms with Crippen LogP contribution in [0.15, 0.2) is 49.1 Å². The van der Waals surface area contributed by atoms with Crippen molar-refractivity contribution in [2.75, 3.05) is 16.0 Å². The number of aliphatic hydroxyl groups excluding tert-OH is 1. The van der Waals surface area contributed by atoms with E-state index >= 15 is 0 Å². The van der Waals surface area contributed by atoms with Crippen LogP contribution in [0, 0.1) is 0 Å². The molecule has 0 radical (unpaired) electrons. The molecule has 5 rings (SSSR count). The minimum absolute atomic E-state index is 0.247. The van der Waals surface area contributed by atoms with Gasteiger partial charge in [-0.25, -0.2) is 9.67 Å². The van der Waals surface area contributed by atoms with Gasteiger partial charge >= 0.3 is 0 Å². The second-order valence-electron chi connectivity index (χ2n) is 5.90. The third-order valence-corrected chi connectivity index (χ3v) is 4.20. The average molecular weight is 349 g/mol. The number of rotatable bonds is 3. The Kier molecular flexibility index (Phi) is 3.06. The van der Waals surface area contributed by atoms with Crippen LogP contribution in [0.3, 0.4) is 0 Å². The maximum atomic E-state index is 10.4. The summed E-state index contributed by atoms with van der Waals surface area (Å²) in [5.41, 5.74) is 8.17. The van der Waals surface area contributed by atoms with E-state index in [2.05, 4.69) is 25.4 Å². The Bertz CT molecular complexity index is 1060. The maximum absolute atomic E-state index is 10.4. The van der Waals surface area contributed by atoms with Crippen molar-refractivity contribution >= 4 is 23.0 Å². The first-order chi connectivity index (χ1) is 12.7. The van der Waals surface area contributed by atoms with Crippen LogP contribution in [0.2, 0.25) is 0 Å². The first-order valence-electron chi connectivity index (χ1n) is 8.00. The van der Waals surface area contributed by atoms with E-state index in [0.717, 1.165) is 11.3 Å². The summed E-state index contributed by atoms with van der Waals surface area (Å²) in [4.78, 5) is 15.0. The van der Waals surface area contributed by atoms with Crippen molar-refractivity contribution in [1.82, 2.24) is 29.1 Å². The van der Waals surface area contributed by atoms with E-state index in [1.165, 1.54) is 4.68 Å². The molecule has 0 fully saturated rings. The molecule has 4 aromatic heterocycles. The Morgan fingerprint density at radius 2 is 2.08 bits per heavy atom. The standard InChI is InChI=1S/C16H15N9O/c17-13-12-14(22-15(21-13)25-7-3-5-18-25)24(16(26)20-12)9-10-8-23-6-2-1-4-11(23)19-10/h1-8,16,20,26H,9H2,(H2,17,21,22). The van der Waals surface area contributed by atoms with Gasteiger partial charge in [0.1, 0.15) is 11.3 Å². The number of nitrogen functional groups attached to an aromatic ring is 1. The van der Waals surface area contributed by atoms with Crippen molar-refractivity contribution in [2.24, 2.45) is 0 Å². The first-order valence-corrected chi connectivity index (χ1v) is 8.00. The van der Waals surface area contributed by atoms with Crippen molar-refractivity contribution in [3.8, 4) is 5.95 Å². The molecular weight excluding hydrogens is 334 g/mol. The fourth-order valence-electron chi connectivity index (χ4n) is 3.01. The predicted octanol–water partition coefficient (Wildman–Crippen LogP) is 0.600. The summed E-state index contributed by atoms with van der Waals surface area (Å²) in [7, 11) is 0. The SMILES string of the molecule is Nc1nc(-n2cccn2)nc2c1NC(O)N2Cc1cn2ccccc2n1. The topological polar surface area (TPSA) is 122 Å². The van der Waals surface area contributed by atoms with Crippen molar-refractivity contribution in [3.05, 3.63) is 54.7 Å². The van der Waals surface area contributed by atoms with E-state index in [1.807, 2.05) is 35.0 Å². The second-order valence-corrected chi connectivity index (χ2v) is 5.90. The Morgan fingerprint density at radius 1 is 1.15 bits per heavy atom. The highest BCUT2D eigenvalue weighted by Crippen LogP contribution is 2.37. The summed E-state index contributed by atoms with van der Waals surface area (Å²) < 4.78 is 3.44. The van der Waals surface area contributed by atoms with Gasteiger partial charge in [-0.2, -0.15) is 15.1 Å². The quantitative estimate of drug-likeness (QED) is 0.491. The summed E-state index contributed by atoms with van der Waals surface area (Å²) >= 11 is 0. The number of imidazole rings is 1. The molecule has 1 aliphatic rings. The molecule has 0 saturated carbocycles. The highest BCUT2D eigenvalue weighted by atomic mass is 16.3. The minimum Gasteiger partial charge on any atom is -0.382 e. The highest BCUT2D eigenvalue weighted by Gasteiger charge is 2.32. The van der Waals surface area contributed by atoms with E-state index in [9.17, 15) is 5.11 Å². The number of fused-ring (bicyclic) bond motifs is 2. The molecule has 0 aromatic carbocycles. The zero-order valence-corrected chi connectivity index (χ0v) is 13.6. The normalized spacial score (nSPS) is 16.0. The van der Waals surface area contributed by atoms with Crippen LogP contribution in [-0.2, 0) is 6.54 Å². The number of nitrogens with zero attached hydrogens (tertiary/aromatic N) is 7. The molecule has 10 heteroatoms. The van der Waals surface area contributed by atoms with Crippen LogP contribution in [0.5, 0.6) is 0 Å². The number of hydrogen-bond donors (Lipinski definition) is 3. The first kappa shape index (κ1) is 14.7. The van der Waals surface area contributed by atoms with Gasteiger partial charge in [-0.3, -0.25) is 0 Å². The molecule has 1 aliphatic heterocycles. The van der Waals surface area contributed by atoms with Crippen molar-refractivity contribution < 1.29 is 5.11 Å². The number of aliphatic hydroxyl groups is 1. The molecule has 130 valence electrons. The van der Waals surface area contributed by atoms with Crippen molar-refractivity contribution in [1.29, 1.82) is 0 Å². The van der Waals surface area contributed by atoms with E-state index < -0.39 is 6.35 Å². The zero-order chi connectivity index (χ0) is 17.7. The largest absolute Gasteiger partial charge is 0.382 e. The van der Waals surface area contributed by atoms with Crippen LogP contribution in [0.25, 0.3) is 11.6 Å². The summed E-state index contributed by atoms with van der Waals surface area (Å²) in [5, 5.41) is 17.5. The lowest BCUT2D eigenvalue weighted by molar-refractivity contribution is 0.201. The molecule has 0 bridgehead atoms. The van der Waals surface area contributed by atoms with Gasteiger partial charge in [0.05, 0.1) is 12.2 Å². The Hall–Kier alpha value is -3.66. The lowest BCUT2D eigenvalue weighted by atomic mass is 10.4. The summed E-state index contributed by atoms with van der Waals surface area (Å²) in [6, 6.07) is 7.56. The Balaban J connectivity index is 1.54. The van der Waals surface area contributed by atoms with Gasteiger partial charge in [-0.1, -0.05) is 6.07 Å². The molecule has 1 unspecified atom stereocenters. The smallest absolute Gasteiger partial charge is 0.254 e. The number of nitrogens with two attached hydrogens (primary N) is 1. The molecule has 1 atom stereocenters. The lowest BCUT2D eigenvalue weighted by Crippen LogP contribution is -2.35. The average Bonchev–Trinajstić information content (AvgIpc) is 3.35.